The van der Waals surface area contributed by atoms with Crippen LogP contribution in [0.25, 0.3) is 33.3 Å². The van der Waals surface area contributed by atoms with E-state index >= 15 is 0 Å². The number of carbonyl (C=O) groups excluding carboxylic acids is 1. The highest BCUT2D eigenvalue weighted by molar-refractivity contribution is 5.92. The van der Waals surface area contributed by atoms with E-state index in [1.165, 1.54) is 43.1 Å². The lowest BCUT2D eigenvalue weighted by molar-refractivity contribution is -0.122. The van der Waals surface area contributed by atoms with Crippen molar-refractivity contribution in [3.63, 3.8) is 0 Å². The molecule has 0 radical (unpaired) electrons. The Morgan fingerprint density at radius 3 is 2.49 bits per heavy atom. The maximum absolute atomic E-state index is 13.3. The van der Waals surface area contributed by atoms with Crippen LogP contribution in [0.4, 0.5) is 0 Å². The monoisotopic (exact) mass is 468 g/mol. The van der Waals surface area contributed by atoms with E-state index in [1.807, 2.05) is 34.9 Å². The molecule has 0 unspecified atom stereocenters. The number of aromatic nitrogens is 3. The van der Waals surface area contributed by atoms with Gasteiger partial charge in [-0.2, -0.15) is 0 Å². The number of nitrogens with zero attached hydrogens (tertiary/aromatic N) is 3. The third-order valence-electron chi connectivity index (χ3n) is 7.77. The molecule has 2 aromatic carbocycles. The summed E-state index contributed by atoms with van der Waals surface area (Å²) >= 11 is 0. The second kappa shape index (κ2) is 9.33. The summed E-state index contributed by atoms with van der Waals surface area (Å²) in [6.45, 7) is 1.19. The number of para-hydroxylation sites is 2. The highest BCUT2D eigenvalue weighted by Crippen LogP contribution is 2.36. The summed E-state index contributed by atoms with van der Waals surface area (Å²) in [5, 5.41) is 5.15. The van der Waals surface area contributed by atoms with Crippen molar-refractivity contribution >= 4 is 27.7 Å². The highest BCUT2D eigenvalue weighted by Gasteiger charge is 2.27. The van der Waals surface area contributed by atoms with Crippen molar-refractivity contribution in [2.45, 2.75) is 76.9 Å². The number of hydrogen-bond acceptors (Lipinski definition) is 3. The molecule has 3 heterocycles. The largest absolute Gasteiger partial charge is 0.353 e. The second-order valence-corrected chi connectivity index (χ2v) is 10.0. The molecule has 4 aromatic rings. The number of fused-ring (bicyclic) bond motifs is 6. The van der Waals surface area contributed by atoms with Crippen molar-refractivity contribution in [3.8, 4) is 11.5 Å². The van der Waals surface area contributed by atoms with Crippen LogP contribution in [0.1, 0.15) is 56.9 Å². The average Bonchev–Trinajstić information content (AvgIpc) is 3.19. The molecule has 0 spiro atoms. The number of rotatable bonds is 4. The van der Waals surface area contributed by atoms with Crippen LogP contribution in [0.15, 0.2) is 53.3 Å². The first-order chi connectivity index (χ1) is 17.2. The van der Waals surface area contributed by atoms with Crippen LogP contribution >= 0.6 is 0 Å². The second-order valence-electron chi connectivity index (χ2n) is 10.0. The lowest BCUT2D eigenvalue weighted by atomic mass is 9.96. The van der Waals surface area contributed by atoms with Gasteiger partial charge in [0.05, 0.1) is 16.6 Å². The Morgan fingerprint density at radius 1 is 0.943 bits per heavy atom. The maximum atomic E-state index is 13.3. The Labute approximate surface area is 205 Å². The van der Waals surface area contributed by atoms with Crippen molar-refractivity contribution in [1.29, 1.82) is 0 Å². The van der Waals surface area contributed by atoms with Crippen LogP contribution in [0.5, 0.6) is 0 Å². The molecule has 1 fully saturated rings. The third-order valence-corrected chi connectivity index (χ3v) is 7.77. The number of benzene rings is 2. The molecule has 1 aliphatic heterocycles. The smallest absolute Gasteiger partial charge is 0.261 e. The molecule has 1 N–H and O–H groups in total. The number of hydrogen-bond donors (Lipinski definition) is 1. The third kappa shape index (κ3) is 4.05. The lowest BCUT2D eigenvalue weighted by Crippen LogP contribution is -2.35. The molecule has 0 saturated heterocycles. The fourth-order valence-corrected chi connectivity index (χ4v) is 6.01. The summed E-state index contributed by atoms with van der Waals surface area (Å²) < 4.78 is 4.03. The summed E-state index contributed by atoms with van der Waals surface area (Å²) in [4.78, 5) is 31.2. The Kier molecular flexibility index (Phi) is 5.88. The average molecular weight is 469 g/mol. The van der Waals surface area contributed by atoms with E-state index in [4.69, 9.17) is 4.98 Å². The first kappa shape index (κ1) is 22.1. The van der Waals surface area contributed by atoms with Crippen LogP contribution in [0.2, 0.25) is 0 Å². The van der Waals surface area contributed by atoms with Gasteiger partial charge in [-0.15, -0.1) is 0 Å². The SMILES string of the molecule is O=C(CCn1c2c(c3ccccc31)CCn1c-2nc2ccccc2c1=O)NC1CCCCCCC1. The predicted molar refractivity (Wildman–Crippen MR) is 140 cm³/mol. The zero-order chi connectivity index (χ0) is 23.8. The zero-order valence-corrected chi connectivity index (χ0v) is 20.1. The number of aryl methyl sites for hydroxylation is 2. The van der Waals surface area contributed by atoms with Crippen LogP contribution in [-0.2, 0) is 24.3 Å². The normalized spacial score (nSPS) is 16.5. The van der Waals surface area contributed by atoms with E-state index < -0.39 is 0 Å². The molecule has 2 aliphatic rings. The first-order valence-electron chi connectivity index (χ1n) is 13.1. The van der Waals surface area contributed by atoms with Crippen molar-refractivity contribution in [2.24, 2.45) is 0 Å². The van der Waals surface area contributed by atoms with Crippen molar-refractivity contribution < 1.29 is 4.79 Å². The molecule has 35 heavy (non-hydrogen) atoms. The molecule has 6 nitrogen and oxygen atoms in total. The minimum atomic E-state index is 0.00933. The Balaban J connectivity index is 1.36. The Morgan fingerprint density at radius 2 is 1.66 bits per heavy atom. The van der Waals surface area contributed by atoms with Crippen LogP contribution in [0.3, 0.4) is 0 Å². The van der Waals surface area contributed by atoms with Crippen LogP contribution in [0, 0.1) is 0 Å². The summed E-state index contributed by atoms with van der Waals surface area (Å²) in [6.07, 6.45) is 9.63. The summed E-state index contributed by atoms with van der Waals surface area (Å²) in [6, 6.07) is 16.2. The van der Waals surface area contributed by atoms with Crippen molar-refractivity contribution in [3.05, 3.63) is 64.4 Å². The van der Waals surface area contributed by atoms with Gasteiger partial charge in [0.25, 0.3) is 5.56 Å². The number of amides is 1. The fourth-order valence-electron chi connectivity index (χ4n) is 6.01. The van der Waals surface area contributed by atoms with Crippen LogP contribution < -0.4 is 10.9 Å². The van der Waals surface area contributed by atoms with E-state index in [9.17, 15) is 9.59 Å². The number of nitrogens with one attached hydrogen (secondary N) is 1. The Bertz CT molecular complexity index is 1460. The molecular formula is C29H32N4O2. The highest BCUT2D eigenvalue weighted by atomic mass is 16.1. The van der Waals surface area contributed by atoms with E-state index in [1.54, 1.807) is 0 Å². The van der Waals surface area contributed by atoms with Gasteiger partial charge in [0.15, 0.2) is 5.82 Å². The van der Waals surface area contributed by atoms with Gasteiger partial charge >= 0.3 is 0 Å². The van der Waals surface area contributed by atoms with Gasteiger partial charge in [0.2, 0.25) is 5.91 Å². The van der Waals surface area contributed by atoms with Gasteiger partial charge < -0.3 is 9.88 Å². The lowest BCUT2D eigenvalue weighted by Gasteiger charge is -2.22. The molecule has 6 heteroatoms. The molecule has 1 aliphatic carbocycles. The predicted octanol–water partition coefficient (Wildman–Crippen LogP) is 5.19. The molecule has 2 aromatic heterocycles. The van der Waals surface area contributed by atoms with Gasteiger partial charge in [-0.25, -0.2) is 4.98 Å². The molecule has 1 amide bonds. The van der Waals surface area contributed by atoms with Crippen molar-refractivity contribution in [1.82, 2.24) is 19.4 Å². The van der Waals surface area contributed by atoms with Gasteiger partial charge in [-0.1, -0.05) is 62.4 Å². The molecule has 180 valence electrons. The van der Waals surface area contributed by atoms with Gasteiger partial charge in [-0.05, 0) is 43.0 Å². The topological polar surface area (TPSA) is 68.9 Å². The van der Waals surface area contributed by atoms with Crippen molar-refractivity contribution in [2.75, 3.05) is 0 Å². The molecule has 1 saturated carbocycles. The van der Waals surface area contributed by atoms with E-state index in [-0.39, 0.29) is 11.5 Å². The summed E-state index contributed by atoms with van der Waals surface area (Å²) in [5.41, 5.74) is 4.04. The molecule has 6 rings (SSSR count). The minimum absolute atomic E-state index is 0.00933. The van der Waals surface area contributed by atoms with E-state index in [0.29, 0.717) is 36.8 Å². The Hall–Kier alpha value is -3.41. The fraction of sp³-hybridized carbons (Fsp3) is 0.414. The minimum Gasteiger partial charge on any atom is -0.353 e. The summed E-state index contributed by atoms with van der Waals surface area (Å²) in [7, 11) is 0. The molecule has 0 atom stereocenters. The standard InChI is InChI=1S/C29H32N4O2/c34-26(30-20-10-4-2-1-3-5-11-20)17-19-32-25-15-9-7-12-21(25)22-16-18-33-28(27(22)32)31-24-14-8-6-13-23(24)29(33)35/h6-9,12-15,20H,1-5,10-11,16-19H2,(H,30,34). The van der Waals surface area contributed by atoms with E-state index in [2.05, 4.69) is 28.1 Å². The van der Waals surface area contributed by atoms with Gasteiger partial charge in [-0.3, -0.25) is 14.2 Å². The molecule has 0 bridgehead atoms. The maximum Gasteiger partial charge on any atom is 0.261 e. The van der Waals surface area contributed by atoms with Gasteiger partial charge in [0.1, 0.15) is 0 Å². The van der Waals surface area contributed by atoms with Gasteiger partial charge in [0, 0.05) is 36.5 Å². The van der Waals surface area contributed by atoms with E-state index in [0.717, 1.165) is 36.0 Å². The summed E-state index contributed by atoms with van der Waals surface area (Å²) in [5.74, 6) is 0.827. The molecular weight excluding hydrogens is 436 g/mol. The zero-order valence-electron chi connectivity index (χ0n) is 20.1. The first-order valence-corrected chi connectivity index (χ1v) is 13.1. The quantitative estimate of drug-likeness (QED) is 0.448. The number of carbonyl (C=O) groups is 1. The van der Waals surface area contributed by atoms with Crippen LogP contribution in [-0.4, -0.2) is 26.1 Å².